The second-order valence-corrected chi connectivity index (χ2v) is 5.03. The Morgan fingerprint density at radius 2 is 1.76 bits per heavy atom. The van der Waals surface area contributed by atoms with E-state index in [9.17, 15) is 5.11 Å². The molecule has 0 saturated carbocycles. The zero-order chi connectivity index (χ0) is 12.7. The molecule has 0 spiro atoms. The van der Waals surface area contributed by atoms with Crippen molar-refractivity contribution in [1.29, 1.82) is 0 Å². The summed E-state index contributed by atoms with van der Waals surface area (Å²) in [4.78, 5) is 0. The molecule has 0 radical (unpaired) electrons. The van der Waals surface area contributed by atoms with Crippen molar-refractivity contribution in [2.24, 2.45) is 5.41 Å². The molecular formula is C14H22ClNO. The molecule has 0 saturated heterocycles. The lowest BCUT2D eigenvalue weighted by Gasteiger charge is -2.29. The van der Waals surface area contributed by atoms with E-state index in [0.29, 0.717) is 0 Å². The monoisotopic (exact) mass is 255 g/mol. The van der Waals surface area contributed by atoms with Crippen LogP contribution in [0, 0.1) is 5.41 Å². The van der Waals surface area contributed by atoms with Crippen molar-refractivity contribution in [3.8, 4) is 0 Å². The van der Waals surface area contributed by atoms with E-state index in [1.54, 1.807) is 0 Å². The minimum Gasteiger partial charge on any atom is -0.396 e. The van der Waals surface area contributed by atoms with Gasteiger partial charge in [-0.25, -0.2) is 0 Å². The van der Waals surface area contributed by atoms with Gasteiger partial charge in [-0.05, 0) is 30.5 Å². The summed E-state index contributed by atoms with van der Waals surface area (Å²) in [6, 6.07) is 7.84. The van der Waals surface area contributed by atoms with Crippen molar-refractivity contribution in [2.45, 2.75) is 33.2 Å². The third-order valence-corrected chi connectivity index (χ3v) is 3.83. The van der Waals surface area contributed by atoms with Crippen LogP contribution in [-0.4, -0.2) is 18.3 Å². The molecule has 1 aromatic carbocycles. The van der Waals surface area contributed by atoms with Crippen LogP contribution in [0.25, 0.3) is 0 Å². The second-order valence-electron chi connectivity index (χ2n) is 4.60. The summed E-state index contributed by atoms with van der Waals surface area (Å²) < 4.78 is 0. The van der Waals surface area contributed by atoms with Gasteiger partial charge >= 0.3 is 0 Å². The van der Waals surface area contributed by atoms with Crippen LogP contribution in [0.5, 0.6) is 0 Å². The Morgan fingerprint density at radius 3 is 2.24 bits per heavy atom. The Morgan fingerprint density at radius 1 is 1.18 bits per heavy atom. The van der Waals surface area contributed by atoms with Gasteiger partial charge in [-0.15, -0.1) is 0 Å². The Bertz CT molecular complexity index is 311. The number of rotatable bonds is 7. The van der Waals surface area contributed by atoms with Crippen molar-refractivity contribution in [3.05, 3.63) is 34.9 Å². The van der Waals surface area contributed by atoms with Crippen LogP contribution < -0.4 is 5.32 Å². The predicted molar refractivity (Wildman–Crippen MR) is 73.3 cm³/mol. The van der Waals surface area contributed by atoms with Crippen LogP contribution in [0.3, 0.4) is 0 Å². The third kappa shape index (κ3) is 4.30. The molecule has 0 aliphatic rings. The summed E-state index contributed by atoms with van der Waals surface area (Å²) in [5.41, 5.74) is 1.24. The summed E-state index contributed by atoms with van der Waals surface area (Å²) in [6.45, 7) is 6.17. The van der Waals surface area contributed by atoms with Crippen LogP contribution in [0.2, 0.25) is 5.02 Å². The summed E-state index contributed by atoms with van der Waals surface area (Å²) in [5, 5.41) is 13.6. The van der Waals surface area contributed by atoms with Gasteiger partial charge in [0.1, 0.15) is 0 Å². The Balaban J connectivity index is 2.43. The number of halogens is 1. The van der Waals surface area contributed by atoms with E-state index in [0.717, 1.165) is 31.0 Å². The summed E-state index contributed by atoms with van der Waals surface area (Å²) >= 11 is 5.83. The molecule has 0 fully saturated rings. The number of hydrogen-bond donors (Lipinski definition) is 2. The third-order valence-electron chi connectivity index (χ3n) is 3.58. The van der Waals surface area contributed by atoms with E-state index >= 15 is 0 Å². The van der Waals surface area contributed by atoms with Crippen molar-refractivity contribution in [2.75, 3.05) is 13.2 Å². The van der Waals surface area contributed by atoms with Gasteiger partial charge in [0.05, 0.1) is 0 Å². The fourth-order valence-electron chi connectivity index (χ4n) is 1.85. The highest BCUT2D eigenvalue weighted by Crippen LogP contribution is 2.24. The first kappa shape index (κ1) is 14.5. The average molecular weight is 256 g/mol. The lowest BCUT2D eigenvalue weighted by atomic mass is 9.83. The number of hydrogen-bond acceptors (Lipinski definition) is 2. The highest BCUT2D eigenvalue weighted by molar-refractivity contribution is 6.30. The van der Waals surface area contributed by atoms with E-state index in [2.05, 4.69) is 19.2 Å². The maximum Gasteiger partial charge on any atom is 0.0499 e. The van der Waals surface area contributed by atoms with E-state index in [4.69, 9.17) is 11.6 Å². The van der Waals surface area contributed by atoms with Crippen LogP contribution in [0.15, 0.2) is 24.3 Å². The largest absolute Gasteiger partial charge is 0.396 e. The smallest absolute Gasteiger partial charge is 0.0499 e. The van der Waals surface area contributed by atoms with E-state index in [1.807, 2.05) is 24.3 Å². The van der Waals surface area contributed by atoms with E-state index in [1.165, 1.54) is 5.56 Å². The maximum atomic E-state index is 9.45. The SMILES string of the molecule is CCC(CC)(CO)CNCc1ccc(Cl)cc1. The quantitative estimate of drug-likeness (QED) is 0.784. The molecule has 17 heavy (non-hydrogen) atoms. The minimum atomic E-state index is 0.0203. The van der Waals surface area contributed by atoms with Gasteiger partial charge in [0.2, 0.25) is 0 Å². The van der Waals surface area contributed by atoms with Crippen LogP contribution in [-0.2, 0) is 6.54 Å². The fourth-order valence-corrected chi connectivity index (χ4v) is 1.98. The molecule has 1 aromatic rings. The van der Waals surface area contributed by atoms with Crippen LogP contribution in [0.4, 0.5) is 0 Å². The average Bonchev–Trinajstić information content (AvgIpc) is 2.38. The number of aliphatic hydroxyl groups excluding tert-OH is 1. The normalized spacial score (nSPS) is 11.8. The zero-order valence-electron chi connectivity index (χ0n) is 10.7. The molecule has 0 bridgehead atoms. The highest BCUT2D eigenvalue weighted by Gasteiger charge is 2.24. The number of nitrogens with one attached hydrogen (secondary N) is 1. The van der Waals surface area contributed by atoms with Crippen molar-refractivity contribution in [3.63, 3.8) is 0 Å². The molecule has 2 nitrogen and oxygen atoms in total. The molecule has 0 aliphatic carbocycles. The molecule has 0 heterocycles. The molecule has 2 N–H and O–H groups in total. The lowest BCUT2D eigenvalue weighted by molar-refractivity contribution is 0.113. The van der Waals surface area contributed by atoms with Gasteiger partial charge < -0.3 is 10.4 Å². The van der Waals surface area contributed by atoms with Crippen molar-refractivity contribution >= 4 is 11.6 Å². The van der Waals surface area contributed by atoms with Gasteiger partial charge in [0.25, 0.3) is 0 Å². The van der Waals surface area contributed by atoms with Gasteiger partial charge in [0, 0.05) is 30.1 Å². The van der Waals surface area contributed by atoms with E-state index in [-0.39, 0.29) is 12.0 Å². The topological polar surface area (TPSA) is 32.3 Å². The molecule has 1 rings (SSSR count). The van der Waals surface area contributed by atoms with Gasteiger partial charge in [-0.2, -0.15) is 0 Å². The number of benzene rings is 1. The van der Waals surface area contributed by atoms with Gasteiger partial charge in [-0.1, -0.05) is 37.6 Å². The molecule has 0 unspecified atom stereocenters. The highest BCUT2D eigenvalue weighted by atomic mass is 35.5. The fraction of sp³-hybridized carbons (Fsp3) is 0.571. The summed E-state index contributed by atoms with van der Waals surface area (Å²) in [5.74, 6) is 0. The van der Waals surface area contributed by atoms with Crippen molar-refractivity contribution in [1.82, 2.24) is 5.32 Å². The van der Waals surface area contributed by atoms with Crippen molar-refractivity contribution < 1.29 is 5.11 Å². The molecule has 0 aliphatic heterocycles. The van der Waals surface area contributed by atoms with E-state index < -0.39 is 0 Å². The first-order valence-corrected chi connectivity index (χ1v) is 6.59. The molecule has 0 atom stereocenters. The molecule has 0 aromatic heterocycles. The molecule has 96 valence electrons. The Labute approximate surface area is 109 Å². The van der Waals surface area contributed by atoms with Gasteiger partial charge in [0.15, 0.2) is 0 Å². The maximum absolute atomic E-state index is 9.45. The second kappa shape index (κ2) is 7.00. The Hall–Kier alpha value is -0.570. The minimum absolute atomic E-state index is 0.0203. The van der Waals surface area contributed by atoms with Gasteiger partial charge in [-0.3, -0.25) is 0 Å². The lowest BCUT2D eigenvalue weighted by Crippen LogP contribution is -2.36. The Kier molecular flexibility index (Phi) is 5.96. The van der Waals surface area contributed by atoms with Crippen LogP contribution in [0.1, 0.15) is 32.3 Å². The predicted octanol–water partition coefficient (Wildman–Crippen LogP) is 3.23. The van der Waals surface area contributed by atoms with Crippen LogP contribution >= 0.6 is 11.6 Å². The summed E-state index contributed by atoms with van der Waals surface area (Å²) in [7, 11) is 0. The first-order chi connectivity index (χ1) is 8.15. The standard InChI is InChI=1S/C14H22ClNO/c1-3-14(4-2,11-17)10-16-9-12-5-7-13(15)8-6-12/h5-8,16-17H,3-4,9-11H2,1-2H3. The molecule has 3 heteroatoms. The number of aliphatic hydroxyl groups is 1. The first-order valence-electron chi connectivity index (χ1n) is 6.22. The molecule has 0 amide bonds. The molecular weight excluding hydrogens is 234 g/mol. The zero-order valence-corrected chi connectivity index (χ0v) is 11.4. The summed E-state index contributed by atoms with van der Waals surface area (Å²) in [6.07, 6.45) is 1.99.